The van der Waals surface area contributed by atoms with Crippen molar-refractivity contribution in [1.29, 1.82) is 0 Å². The van der Waals surface area contributed by atoms with Gasteiger partial charge < -0.3 is 36.1 Å². The minimum Gasteiger partial charge on any atom is -0.361 e. The average molecular weight is 720 g/mol. The largest absolute Gasteiger partial charge is 0.361 e. The molecule has 5 N–H and O–H groups in total. The molecule has 0 spiro atoms. The second-order valence-corrected chi connectivity index (χ2v) is 16.1. The summed E-state index contributed by atoms with van der Waals surface area (Å²) in [5, 5.41) is 12.6. The first-order chi connectivity index (χ1) is 24.7. The van der Waals surface area contributed by atoms with E-state index in [1.807, 2.05) is 72.0 Å². The minimum absolute atomic E-state index is 0.00690. The molecule has 1 aromatic heterocycles. The Labute approximate surface area is 306 Å². The molecular formula is C39H57N7O6. The summed E-state index contributed by atoms with van der Waals surface area (Å²) in [5.74, 6) is -2.53. The van der Waals surface area contributed by atoms with Crippen LogP contribution in [-0.4, -0.2) is 99.6 Å². The fraction of sp³-hybridized carbons (Fsp3) is 0.641. The first-order valence-electron chi connectivity index (χ1n) is 19.1. The lowest BCUT2D eigenvalue weighted by Crippen LogP contribution is -2.61. The number of benzene rings is 1. The second kappa shape index (κ2) is 16.9. The number of rotatable bonds is 8. The van der Waals surface area contributed by atoms with Crippen LogP contribution < -0.4 is 21.3 Å². The zero-order valence-electron chi connectivity index (χ0n) is 31.5. The number of para-hydroxylation sites is 1. The van der Waals surface area contributed by atoms with Gasteiger partial charge in [0, 0.05) is 36.6 Å². The van der Waals surface area contributed by atoms with E-state index in [-0.39, 0.29) is 42.4 Å². The van der Waals surface area contributed by atoms with Crippen LogP contribution in [0.25, 0.3) is 10.9 Å². The zero-order valence-corrected chi connectivity index (χ0v) is 31.5. The number of hydrogen-bond donors (Lipinski definition) is 5. The number of carbonyl (C=O) groups is 6. The van der Waals surface area contributed by atoms with Crippen molar-refractivity contribution in [1.82, 2.24) is 36.1 Å². The summed E-state index contributed by atoms with van der Waals surface area (Å²) in [5.41, 5.74) is 1.70. The van der Waals surface area contributed by atoms with Crippen LogP contribution in [0.2, 0.25) is 0 Å². The smallest absolute Gasteiger partial charge is 0.246 e. The predicted octanol–water partition coefficient (Wildman–Crippen LogP) is 2.78. The number of hydrogen-bond acceptors (Lipinski definition) is 6. The van der Waals surface area contributed by atoms with Crippen molar-refractivity contribution in [2.75, 3.05) is 13.1 Å². The highest BCUT2D eigenvalue weighted by atomic mass is 16.2. The summed E-state index contributed by atoms with van der Waals surface area (Å²) in [6, 6.07) is 2.15. The summed E-state index contributed by atoms with van der Waals surface area (Å²) >= 11 is 0. The first kappa shape index (κ1) is 38.8. The number of aromatic nitrogens is 1. The fourth-order valence-corrected chi connectivity index (χ4v) is 7.90. The molecule has 4 heterocycles. The highest BCUT2D eigenvalue weighted by Gasteiger charge is 2.45. The lowest BCUT2D eigenvalue weighted by Gasteiger charge is -2.34. The molecule has 5 rings (SSSR count). The van der Waals surface area contributed by atoms with Gasteiger partial charge in [-0.2, -0.15) is 0 Å². The van der Waals surface area contributed by atoms with E-state index in [2.05, 4.69) is 26.3 Å². The Bertz CT molecular complexity index is 1640. The Morgan fingerprint density at radius 2 is 1.08 bits per heavy atom. The Morgan fingerprint density at radius 3 is 1.67 bits per heavy atom. The number of carbonyl (C=O) groups excluding carboxylic acids is 6. The van der Waals surface area contributed by atoms with Gasteiger partial charge in [0.05, 0.1) is 0 Å². The summed E-state index contributed by atoms with van der Waals surface area (Å²) in [6.45, 7) is 12.4. The van der Waals surface area contributed by atoms with E-state index in [9.17, 15) is 28.8 Å². The zero-order chi connectivity index (χ0) is 37.7. The van der Waals surface area contributed by atoms with Gasteiger partial charge in [0.25, 0.3) is 0 Å². The molecule has 0 saturated carbocycles. The molecule has 0 aliphatic carbocycles. The van der Waals surface area contributed by atoms with Gasteiger partial charge in [-0.25, -0.2) is 0 Å². The number of fused-ring (bicyclic) bond motifs is 3. The maximum absolute atomic E-state index is 14.2. The van der Waals surface area contributed by atoms with E-state index in [1.54, 1.807) is 9.80 Å². The van der Waals surface area contributed by atoms with E-state index < -0.39 is 59.9 Å². The number of nitrogens with one attached hydrogen (secondary N) is 5. The summed E-state index contributed by atoms with van der Waals surface area (Å²) in [4.78, 5) is 91.2. The maximum Gasteiger partial charge on any atom is 0.246 e. The highest BCUT2D eigenvalue weighted by molar-refractivity contribution is 5.99. The summed E-state index contributed by atoms with van der Waals surface area (Å²) < 4.78 is 0. The molecule has 1 aromatic carbocycles. The molecule has 6 atom stereocenters. The standard InChI is InChI=1S/C39H57N7O6/c1-22(2)17-28-34(47)41-29(18-23(3)4)35(48)44-31(19-24(5)6)38(51)46-16-10-14-33(46)39(52)45-15-9-13-32(45)37(50)43-30(36(49)42-28)20-25-21-40-27-12-8-7-11-26(25)27/h7-8,11-12,21-24,28-33,40H,9-10,13-20H2,1-6H3,(H,41,47)(H,42,49)(H,43,50)(H,44,48)/t28-,29-,30-,31+,32-,33+/m0/s1. The molecule has 3 aliphatic rings. The van der Waals surface area contributed by atoms with Gasteiger partial charge in [0.2, 0.25) is 35.4 Å². The van der Waals surface area contributed by atoms with Crippen LogP contribution in [-0.2, 0) is 35.2 Å². The lowest BCUT2D eigenvalue weighted by atomic mass is 9.98. The summed E-state index contributed by atoms with van der Waals surface area (Å²) in [6.07, 6.45) is 4.98. The van der Waals surface area contributed by atoms with Crippen molar-refractivity contribution in [3.63, 3.8) is 0 Å². The quantitative estimate of drug-likeness (QED) is 0.281. The minimum atomic E-state index is -1.07. The van der Waals surface area contributed by atoms with Crippen LogP contribution in [0.5, 0.6) is 0 Å². The van der Waals surface area contributed by atoms with Crippen molar-refractivity contribution in [3.05, 3.63) is 36.0 Å². The van der Waals surface area contributed by atoms with E-state index >= 15 is 0 Å². The third kappa shape index (κ3) is 9.14. The highest BCUT2D eigenvalue weighted by Crippen LogP contribution is 2.27. The molecule has 0 radical (unpaired) electrons. The van der Waals surface area contributed by atoms with E-state index in [0.717, 1.165) is 16.5 Å². The molecule has 13 heteroatoms. The van der Waals surface area contributed by atoms with Crippen molar-refractivity contribution < 1.29 is 28.8 Å². The van der Waals surface area contributed by atoms with Crippen LogP contribution in [0.1, 0.15) is 92.1 Å². The second-order valence-electron chi connectivity index (χ2n) is 16.1. The summed E-state index contributed by atoms with van der Waals surface area (Å²) in [7, 11) is 0. The topological polar surface area (TPSA) is 173 Å². The molecule has 0 unspecified atom stereocenters. The average Bonchev–Trinajstić information content (AvgIpc) is 3.86. The molecular weight excluding hydrogens is 662 g/mol. The number of amides is 6. The lowest BCUT2D eigenvalue weighted by molar-refractivity contribution is -0.148. The van der Waals surface area contributed by atoms with Gasteiger partial charge in [0.1, 0.15) is 36.3 Å². The monoisotopic (exact) mass is 719 g/mol. The molecule has 2 aromatic rings. The number of nitrogens with zero attached hydrogens (tertiary/aromatic N) is 2. The molecule has 6 amide bonds. The third-order valence-electron chi connectivity index (χ3n) is 10.4. The van der Waals surface area contributed by atoms with Gasteiger partial charge in [-0.05, 0) is 74.3 Å². The Hall–Kier alpha value is -4.42. The van der Waals surface area contributed by atoms with Gasteiger partial charge in [-0.15, -0.1) is 0 Å². The van der Waals surface area contributed by atoms with E-state index in [4.69, 9.17) is 0 Å². The van der Waals surface area contributed by atoms with Gasteiger partial charge in [-0.3, -0.25) is 28.8 Å². The molecule has 3 fully saturated rings. The van der Waals surface area contributed by atoms with Gasteiger partial charge >= 0.3 is 0 Å². The molecule has 3 aliphatic heterocycles. The molecule has 3 saturated heterocycles. The van der Waals surface area contributed by atoms with Crippen molar-refractivity contribution in [2.24, 2.45) is 17.8 Å². The molecule has 0 bridgehead atoms. The first-order valence-corrected chi connectivity index (χ1v) is 19.1. The van der Waals surface area contributed by atoms with Crippen LogP contribution in [0.15, 0.2) is 30.5 Å². The Balaban J connectivity index is 1.54. The van der Waals surface area contributed by atoms with Crippen molar-refractivity contribution in [2.45, 2.75) is 129 Å². The van der Waals surface area contributed by atoms with Crippen LogP contribution in [0, 0.1) is 17.8 Å². The maximum atomic E-state index is 14.2. The van der Waals surface area contributed by atoms with Crippen LogP contribution >= 0.6 is 0 Å². The molecule has 284 valence electrons. The Kier molecular flexibility index (Phi) is 12.6. The van der Waals surface area contributed by atoms with Crippen molar-refractivity contribution in [3.8, 4) is 0 Å². The van der Waals surface area contributed by atoms with Crippen LogP contribution in [0.4, 0.5) is 0 Å². The SMILES string of the molecule is CC(C)C[C@@H]1NC(=O)[C@H](Cc2c[nH]c3ccccc23)NC(=O)[C@@H]2CCCN2C(=O)[C@H]2CCCN2C(=O)[C@@H](CC(C)C)NC(=O)[C@H](CC(C)C)NC1=O. The predicted molar refractivity (Wildman–Crippen MR) is 198 cm³/mol. The van der Waals surface area contributed by atoms with Crippen molar-refractivity contribution >= 4 is 46.3 Å². The third-order valence-corrected chi connectivity index (χ3v) is 10.4. The normalized spacial score (nSPS) is 27.0. The molecule has 52 heavy (non-hydrogen) atoms. The number of aromatic amines is 1. The molecule has 13 nitrogen and oxygen atoms in total. The number of H-pyrrole nitrogens is 1. The van der Waals surface area contributed by atoms with E-state index in [0.29, 0.717) is 51.6 Å². The van der Waals surface area contributed by atoms with Crippen LogP contribution in [0.3, 0.4) is 0 Å². The van der Waals surface area contributed by atoms with E-state index in [1.165, 1.54) is 0 Å². The van der Waals surface area contributed by atoms with Gasteiger partial charge in [-0.1, -0.05) is 59.7 Å². The Morgan fingerprint density at radius 1 is 0.596 bits per heavy atom. The van der Waals surface area contributed by atoms with Gasteiger partial charge in [0.15, 0.2) is 0 Å². The fourth-order valence-electron chi connectivity index (χ4n) is 7.90.